The highest BCUT2D eigenvalue weighted by Crippen LogP contribution is 2.22. The van der Waals surface area contributed by atoms with Crippen molar-refractivity contribution >= 4 is 17.4 Å². The van der Waals surface area contributed by atoms with E-state index in [2.05, 4.69) is 20.5 Å². The quantitative estimate of drug-likeness (QED) is 0.366. The lowest BCUT2D eigenvalue weighted by atomic mass is 10.2. The molecule has 0 fully saturated rings. The molecule has 2 aromatic rings. The summed E-state index contributed by atoms with van der Waals surface area (Å²) in [5, 5.41) is 24.2. The molecule has 2 aromatic heterocycles. The minimum Gasteiger partial charge on any atom is -0.409 e. The molecule has 0 bridgehead atoms. The van der Waals surface area contributed by atoms with Crippen LogP contribution in [0.3, 0.4) is 0 Å². The van der Waals surface area contributed by atoms with Gasteiger partial charge in [-0.25, -0.2) is 4.68 Å². The fourth-order valence-corrected chi connectivity index (χ4v) is 1.68. The van der Waals surface area contributed by atoms with Gasteiger partial charge in [-0.2, -0.15) is 10.2 Å². The zero-order valence-corrected chi connectivity index (χ0v) is 10.5. The number of nitrogens with zero attached hydrogens (tertiary/aromatic N) is 5. The number of rotatable bonds is 2. The van der Waals surface area contributed by atoms with Gasteiger partial charge in [0.25, 0.3) is 0 Å². The smallest absolute Gasteiger partial charge is 0.187 e. The van der Waals surface area contributed by atoms with Crippen molar-refractivity contribution in [3.8, 4) is 5.82 Å². The highest BCUT2D eigenvalue weighted by atomic mass is 35.5. The largest absolute Gasteiger partial charge is 0.409 e. The monoisotopic (exact) mass is 266 g/mol. The summed E-state index contributed by atoms with van der Waals surface area (Å²) in [6.45, 7) is 3.58. The number of aromatic nitrogens is 4. The van der Waals surface area contributed by atoms with E-state index in [0.29, 0.717) is 27.8 Å². The molecule has 0 saturated heterocycles. The van der Waals surface area contributed by atoms with E-state index in [4.69, 9.17) is 22.5 Å². The van der Waals surface area contributed by atoms with Crippen LogP contribution in [0.25, 0.3) is 5.82 Å². The van der Waals surface area contributed by atoms with Gasteiger partial charge in [-0.3, -0.25) is 0 Å². The van der Waals surface area contributed by atoms with Crippen molar-refractivity contribution in [1.29, 1.82) is 0 Å². The van der Waals surface area contributed by atoms with Gasteiger partial charge in [0.05, 0.1) is 28.2 Å². The molecule has 3 N–H and O–H groups in total. The third-order valence-electron chi connectivity index (χ3n) is 2.49. The third kappa shape index (κ3) is 1.88. The Morgan fingerprint density at radius 3 is 2.78 bits per heavy atom. The Labute approximate surface area is 108 Å². The van der Waals surface area contributed by atoms with Crippen molar-refractivity contribution in [2.75, 3.05) is 0 Å². The van der Waals surface area contributed by atoms with Crippen LogP contribution >= 0.6 is 11.6 Å². The first-order valence-electron chi connectivity index (χ1n) is 5.08. The zero-order chi connectivity index (χ0) is 13.3. The number of nitrogens with two attached hydrogens (primary N) is 1. The molecule has 0 atom stereocenters. The second-order valence-corrected chi connectivity index (χ2v) is 4.03. The highest BCUT2D eigenvalue weighted by Gasteiger charge is 2.17. The summed E-state index contributed by atoms with van der Waals surface area (Å²) in [6.07, 6.45) is 1.45. The van der Waals surface area contributed by atoms with Crippen molar-refractivity contribution < 1.29 is 5.21 Å². The predicted octanol–water partition coefficient (Wildman–Crippen LogP) is 1.03. The highest BCUT2D eigenvalue weighted by molar-refractivity contribution is 6.31. The Kier molecular flexibility index (Phi) is 3.15. The van der Waals surface area contributed by atoms with Crippen LogP contribution in [-0.2, 0) is 0 Å². The molecular weight excluding hydrogens is 256 g/mol. The molecule has 2 rings (SSSR count). The minimum atomic E-state index is -0.0661. The van der Waals surface area contributed by atoms with E-state index in [1.165, 1.54) is 10.9 Å². The molecule has 0 amide bonds. The van der Waals surface area contributed by atoms with Crippen LogP contribution in [0.2, 0.25) is 5.02 Å². The van der Waals surface area contributed by atoms with Gasteiger partial charge < -0.3 is 10.9 Å². The van der Waals surface area contributed by atoms with E-state index >= 15 is 0 Å². The van der Waals surface area contributed by atoms with Gasteiger partial charge in [-0.15, -0.1) is 5.10 Å². The summed E-state index contributed by atoms with van der Waals surface area (Å²) in [5.41, 5.74) is 7.39. The molecule has 0 aliphatic rings. The van der Waals surface area contributed by atoms with Crippen LogP contribution in [-0.4, -0.2) is 31.0 Å². The zero-order valence-electron chi connectivity index (χ0n) is 9.79. The maximum atomic E-state index is 8.75. The van der Waals surface area contributed by atoms with Crippen molar-refractivity contribution in [2.45, 2.75) is 13.8 Å². The van der Waals surface area contributed by atoms with E-state index < -0.39 is 0 Å². The van der Waals surface area contributed by atoms with Crippen molar-refractivity contribution in [2.24, 2.45) is 10.9 Å². The number of oxime groups is 1. The van der Waals surface area contributed by atoms with E-state index in [-0.39, 0.29) is 5.84 Å². The van der Waals surface area contributed by atoms with Gasteiger partial charge in [0, 0.05) is 0 Å². The lowest BCUT2D eigenvalue weighted by molar-refractivity contribution is 0.318. The summed E-state index contributed by atoms with van der Waals surface area (Å²) in [6, 6.07) is 1.59. The Morgan fingerprint density at radius 1 is 1.50 bits per heavy atom. The summed E-state index contributed by atoms with van der Waals surface area (Å²) >= 11 is 6.07. The number of hydrogen-bond acceptors (Lipinski definition) is 5. The van der Waals surface area contributed by atoms with Crippen LogP contribution in [0.1, 0.15) is 17.0 Å². The maximum Gasteiger partial charge on any atom is 0.187 e. The number of halogens is 1. The molecule has 0 radical (unpaired) electrons. The number of amidine groups is 1. The fraction of sp³-hybridized carbons (Fsp3) is 0.200. The Hall–Kier alpha value is -2.15. The minimum absolute atomic E-state index is 0.0661. The molecule has 0 aliphatic heterocycles. The predicted molar refractivity (Wildman–Crippen MR) is 66.1 cm³/mol. The second-order valence-electron chi connectivity index (χ2n) is 3.65. The average molecular weight is 267 g/mol. The second kappa shape index (κ2) is 4.61. The summed E-state index contributed by atoms with van der Waals surface area (Å²) < 4.78 is 1.51. The molecule has 2 heterocycles. The molecule has 0 unspecified atom stereocenters. The number of aryl methyl sites for hydroxylation is 1. The summed E-state index contributed by atoms with van der Waals surface area (Å²) in [7, 11) is 0. The van der Waals surface area contributed by atoms with Gasteiger partial charge in [0.1, 0.15) is 0 Å². The summed E-state index contributed by atoms with van der Waals surface area (Å²) in [5.74, 6) is 0.295. The third-order valence-corrected chi connectivity index (χ3v) is 3.04. The molecule has 7 nitrogen and oxygen atoms in total. The number of hydrogen-bond donors (Lipinski definition) is 2. The van der Waals surface area contributed by atoms with E-state index in [0.717, 1.165) is 0 Å². The van der Waals surface area contributed by atoms with Crippen LogP contribution in [0.15, 0.2) is 17.4 Å². The molecule has 0 aliphatic carbocycles. The molecule has 94 valence electrons. The first kappa shape index (κ1) is 12.3. The Bertz CT molecular complexity index is 621. The fourth-order valence-electron chi connectivity index (χ4n) is 1.56. The van der Waals surface area contributed by atoms with E-state index in [1.807, 2.05) is 0 Å². The Morgan fingerprint density at radius 2 is 2.22 bits per heavy atom. The molecular formula is C10H11ClN6O. The standard InChI is InChI=1S/C10H11ClN6O/c1-5-8(11)6(2)17(15-5)10-7(9(12)16-18)3-4-13-14-10/h3-4,18H,1-2H3,(H2,12,16). The van der Waals surface area contributed by atoms with E-state index in [9.17, 15) is 0 Å². The summed E-state index contributed by atoms with van der Waals surface area (Å²) in [4.78, 5) is 0. The molecule has 18 heavy (non-hydrogen) atoms. The lowest BCUT2D eigenvalue weighted by Crippen LogP contribution is -2.18. The van der Waals surface area contributed by atoms with Gasteiger partial charge in [-0.05, 0) is 19.9 Å². The van der Waals surface area contributed by atoms with Gasteiger partial charge >= 0.3 is 0 Å². The van der Waals surface area contributed by atoms with Crippen LogP contribution in [0.5, 0.6) is 0 Å². The van der Waals surface area contributed by atoms with Crippen molar-refractivity contribution in [1.82, 2.24) is 20.0 Å². The Balaban J connectivity index is 2.68. The van der Waals surface area contributed by atoms with Gasteiger partial charge in [0.2, 0.25) is 0 Å². The van der Waals surface area contributed by atoms with E-state index in [1.54, 1.807) is 19.9 Å². The van der Waals surface area contributed by atoms with Crippen molar-refractivity contribution in [3.63, 3.8) is 0 Å². The molecule has 0 aromatic carbocycles. The maximum absolute atomic E-state index is 8.75. The topological polar surface area (TPSA) is 102 Å². The first-order chi connectivity index (χ1) is 8.56. The molecule has 0 spiro atoms. The van der Waals surface area contributed by atoms with Gasteiger partial charge in [0.15, 0.2) is 11.7 Å². The molecule has 0 saturated carbocycles. The van der Waals surface area contributed by atoms with Gasteiger partial charge in [-0.1, -0.05) is 16.8 Å². The van der Waals surface area contributed by atoms with Crippen molar-refractivity contribution in [3.05, 3.63) is 34.2 Å². The van der Waals surface area contributed by atoms with Crippen LogP contribution in [0, 0.1) is 13.8 Å². The SMILES string of the molecule is Cc1nn(-c2nnccc2/C(N)=N/O)c(C)c1Cl. The first-order valence-corrected chi connectivity index (χ1v) is 5.45. The average Bonchev–Trinajstić information content (AvgIpc) is 2.65. The lowest BCUT2D eigenvalue weighted by Gasteiger charge is -2.07. The molecule has 8 heteroatoms. The van der Waals surface area contributed by atoms with Crippen LogP contribution in [0.4, 0.5) is 0 Å². The van der Waals surface area contributed by atoms with Crippen LogP contribution < -0.4 is 5.73 Å². The normalized spacial score (nSPS) is 11.8.